The molecule has 1 heterocycles. The summed E-state index contributed by atoms with van der Waals surface area (Å²) in [6.07, 6.45) is 4.72. The maximum absolute atomic E-state index is 11.7. The standard InChI is InChI=1S/C15H26N2O3/c1-14(2)10-17(7-8-20-14)12-5-6-15(9-12,13(18)19)16-11-3-4-11/h11-12,16H,3-10H2,1-2H3,(H,18,19). The first-order valence-corrected chi connectivity index (χ1v) is 7.79. The molecule has 0 bridgehead atoms. The molecule has 5 nitrogen and oxygen atoms in total. The molecule has 2 N–H and O–H groups in total. The van der Waals surface area contributed by atoms with E-state index in [1.54, 1.807) is 0 Å². The van der Waals surface area contributed by atoms with Crippen LogP contribution in [0.15, 0.2) is 0 Å². The lowest BCUT2D eigenvalue weighted by molar-refractivity contribution is -0.145. The van der Waals surface area contributed by atoms with Gasteiger partial charge in [0.25, 0.3) is 0 Å². The fourth-order valence-electron chi connectivity index (χ4n) is 3.70. The van der Waals surface area contributed by atoms with Gasteiger partial charge in [0, 0.05) is 25.2 Å². The lowest BCUT2D eigenvalue weighted by atomic mass is 9.96. The van der Waals surface area contributed by atoms with Crippen molar-refractivity contribution >= 4 is 5.97 Å². The number of nitrogens with one attached hydrogen (secondary N) is 1. The molecule has 2 aliphatic carbocycles. The van der Waals surface area contributed by atoms with E-state index in [0.717, 1.165) is 51.8 Å². The summed E-state index contributed by atoms with van der Waals surface area (Å²) in [4.78, 5) is 14.2. The zero-order chi connectivity index (χ0) is 14.4. The topological polar surface area (TPSA) is 61.8 Å². The van der Waals surface area contributed by atoms with Crippen LogP contribution in [0, 0.1) is 0 Å². The zero-order valence-corrected chi connectivity index (χ0v) is 12.5. The third-order valence-electron chi connectivity index (χ3n) is 4.93. The number of carbonyl (C=O) groups is 1. The molecule has 0 radical (unpaired) electrons. The van der Waals surface area contributed by atoms with E-state index in [2.05, 4.69) is 24.1 Å². The number of rotatable bonds is 4. The number of carboxylic acids is 1. The molecule has 20 heavy (non-hydrogen) atoms. The molecule has 0 aromatic heterocycles. The highest BCUT2D eigenvalue weighted by molar-refractivity contribution is 5.79. The number of morpholine rings is 1. The highest BCUT2D eigenvalue weighted by Crippen LogP contribution is 2.37. The van der Waals surface area contributed by atoms with Crippen molar-refractivity contribution in [1.29, 1.82) is 0 Å². The lowest BCUT2D eigenvalue weighted by Crippen LogP contribution is -2.55. The van der Waals surface area contributed by atoms with Crippen LogP contribution in [0.5, 0.6) is 0 Å². The molecule has 0 aromatic carbocycles. The van der Waals surface area contributed by atoms with Gasteiger partial charge in [-0.3, -0.25) is 15.0 Å². The van der Waals surface area contributed by atoms with Gasteiger partial charge in [-0.2, -0.15) is 0 Å². The van der Waals surface area contributed by atoms with Gasteiger partial charge in [0.05, 0.1) is 12.2 Å². The average molecular weight is 282 g/mol. The molecule has 3 rings (SSSR count). The quantitative estimate of drug-likeness (QED) is 0.812. The molecule has 2 unspecified atom stereocenters. The van der Waals surface area contributed by atoms with Crippen LogP contribution in [-0.4, -0.2) is 58.9 Å². The first-order chi connectivity index (χ1) is 9.40. The van der Waals surface area contributed by atoms with Crippen molar-refractivity contribution < 1.29 is 14.6 Å². The molecular weight excluding hydrogens is 256 g/mol. The van der Waals surface area contributed by atoms with E-state index < -0.39 is 11.5 Å². The van der Waals surface area contributed by atoms with Gasteiger partial charge in [0.2, 0.25) is 0 Å². The predicted octanol–water partition coefficient (Wildman–Crippen LogP) is 1.23. The fraction of sp³-hybridized carbons (Fsp3) is 0.933. The monoisotopic (exact) mass is 282 g/mol. The van der Waals surface area contributed by atoms with Crippen LogP contribution in [0.25, 0.3) is 0 Å². The Bertz CT molecular complexity index is 395. The predicted molar refractivity (Wildman–Crippen MR) is 75.8 cm³/mol. The molecule has 5 heteroatoms. The Morgan fingerprint density at radius 1 is 1.35 bits per heavy atom. The molecule has 2 atom stereocenters. The molecular formula is C15H26N2O3. The molecule has 1 aliphatic heterocycles. The normalized spacial score (nSPS) is 38.0. The van der Waals surface area contributed by atoms with Crippen LogP contribution >= 0.6 is 0 Å². The van der Waals surface area contributed by atoms with Crippen molar-refractivity contribution in [3.8, 4) is 0 Å². The Morgan fingerprint density at radius 3 is 2.70 bits per heavy atom. The van der Waals surface area contributed by atoms with Crippen LogP contribution in [0.1, 0.15) is 46.0 Å². The van der Waals surface area contributed by atoms with E-state index >= 15 is 0 Å². The van der Waals surface area contributed by atoms with Gasteiger partial charge >= 0.3 is 5.97 Å². The van der Waals surface area contributed by atoms with Gasteiger partial charge in [-0.15, -0.1) is 0 Å². The van der Waals surface area contributed by atoms with E-state index in [1.165, 1.54) is 0 Å². The number of aliphatic carboxylic acids is 1. The van der Waals surface area contributed by atoms with Crippen molar-refractivity contribution in [2.75, 3.05) is 19.7 Å². The number of nitrogens with zero attached hydrogens (tertiary/aromatic N) is 1. The first kappa shape index (κ1) is 14.3. The number of ether oxygens (including phenoxy) is 1. The van der Waals surface area contributed by atoms with Crippen molar-refractivity contribution in [1.82, 2.24) is 10.2 Å². The summed E-state index contributed by atoms with van der Waals surface area (Å²) in [6.45, 7) is 6.80. The molecule has 2 saturated carbocycles. The minimum absolute atomic E-state index is 0.114. The maximum Gasteiger partial charge on any atom is 0.323 e. The summed E-state index contributed by atoms with van der Waals surface area (Å²) >= 11 is 0. The summed E-state index contributed by atoms with van der Waals surface area (Å²) in [5.41, 5.74) is -0.801. The fourth-order valence-corrected chi connectivity index (χ4v) is 3.70. The highest BCUT2D eigenvalue weighted by Gasteiger charge is 2.50. The largest absolute Gasteiger partial charge is 0.480 e. The van der Waals surface area contributed by atoms with Gasteiger partial charge in [-0.25, -0.2) is 0 Å². The lowest BCUT2D eigenvalue weighted by Gasteiger charge is -2.41. The van der Waals surface area contributed by atoms with Gasteiger partial charge < -0.3 is 9.84 Å². The zero-order valence-electron chi connectivity index (χ0n) is 12.5. The smallest absolute Gasteiger partial charge is 0.323 e. The Hall–Kier alpha value is -0.650. The van der Waals surface area contributed by atoms with Crippen LogP contribution in [0.3, 0.4) is 0 Å². The van der Waals surface area contributed by atoms with Crippen molar-refractivity contribution in [3.05, 3.63) is 0 Å². The Kier molecular flexibility index (Phi) is 3.55. The van der Waals surface area contributed by atoms with Crippen molar-refractivity contribution in [3.63, 3.8) is 0 Å². The highest BCUT2D eigenvalue weighted by atomic mass is 16.5. The van der Waals surface area contributed by atoms with Crippen LogP contribution in [0.4, 0.5) is 0 Å². The van der Waals surface area contributed by atoms with Crippen molar-refractivity contribution in [2.45, 2.75) is 69.2 Å². The van der Waals surface area contributed by atoms with E-state index in [1.807, 2.05) is 0 Å². The second-order valence-electron chi connectivity index (χ2n) is 7.28. The Balaban J connectivity index is 1.66. The van der Waals surface area contributed by atoms with Crippen LogP contribution in [-0.2, 0) is 9.53 Å². The number of carboxylic acid groups (broad SMARTS) is 1. The summed E-state index contributed by atoms with van der Waals surface area (Å²) in [5, 5.41) is 13.1. The van der Waals surface area contributed by atoms with E-state index in [4.69, 9.17) is 4.74 Å². The van der Waals surface area contributed by atoms with E-state index in [-0.39, 0.29) is 5.60 Å². The molecule has 1 saturated heterocycles. The second kappa shape index (κ2) is 4.97. The molecule has 0 amide bonds. The molecule has 0 aromatic rings. The summed E-state index contributed by atoms with van der Waals surface area (Å²) in [5.74, 6) is -0.667. The van der Waals surface area contributed by atoms with Crippen molar-refractivity contribution in [2.24, 2.45) is 0 Å². The maximum atomic E-state index is 11.7. The number of hydrogen-bond acceptors (Lipinski definition) is 4. The Morgan fingerprint density at radius 2 is 2.10 bits per heavy atom. The molecule has 3 fully saturated rings. The summed E-state index contributed by atoms with van der Waals surface area (Å²) in [6, 6.07) is 0.812. The van der Waals surface area contributed by atoms with E-state index in [9.17, 15) is 9.90 Å². The summed E-state index contributed by atoms with van der Waals surface area (Å²) < 4.78 is 5.76. The second-order valence-corrected chi connectivity index (χ2v) is 7.28. The number of hydrogen-bond donors (Lipinski definition) is 2. The van der Waals surface area contributed by atoms with Gasteiger partial charge in [-0.1, -0.05) is 0 Å². The van der Waals surface area contributed by atoms with Crippen LogP contribution in [0.2, 0.25) is 0 Å². The van der Waals surface area contributed by atoms with Crippen LogP contribution < -0.4 is 5.32 Å². The first-order valence-electron chi connectivity index (χ1n) is 7.79. The molecule has 0 spiro atoms. The molecule has 3 aliphatic rings. The third kappa shape index (κ3) is 2.85. The van der Waals surface area contributed by atoms with Gasteiger partial charge in [-0.05, 0) is 46.0 Å². The van der Waals surface area contributed by atoms with Gasteiger partial charge in [0.15, 0.2) is 0 Å². The SMILES string of the molecule is CC1(C)CN(C2CCC(NC3CC3)(C(=O)O)C2)CCO1. The average Bonchev–Trinajstić information content (AvgIpc) is 3.04. The van der Waals surface area contributed by atoms with Gasteiger partial charge in [0.1, 0.15) is 5.54 Å². The minimum Gasteiger partial charge on any atom is -0.480 e. The summed E-state index contributed by atoms with van der Waals surface area (Å²) in [7, 11) is 0. The minimum atomic E-state index is -0.686. The third-order valence-corrected chi connectivity index (χ3v) is 4.93. The molecule has 114 valence electrons. The Labute approximate surface area is 120 Å². The van der Waals surface area contributed by atoms with E-state index in [0.29, 0.717) is 12.1 Å².